The molecule has 0 amide bonds. The normalized spacial score (nSPS) is 11.3. The molecule has 12 heterocycles. The van der Waals surface area contributed by atoms with Gasteiger partial charge in [-0.1, -0.05) is 48.0 Å². The van der Waals surface area contributed by atoms with Gasteiger partial charge in [0.25, 0.3) is 0 Å². The largest absolute Gasteiger partial charge is 0.497 e. The molecular formula is C113H108ClF5N24O4S. The third-order valence-electron chi connectivity index (χ3n) is 23.8. The predicted octanol–water partition coefficient (Wildman–Crippen LogP) is 22.6. The zero-order chi connectivity index (χ0) is 104. The van der Waals surface area contributed by atoms with Crippen molar-refractivity contribution in [2.45, 2.75) is 57.3 Å². The van der Waals surface area contributed by atoms with E-state index >= 15 is 0 Å². The number of hydrogen-bond acceptors (Lipinski definition) is 25. The predicted molar refractivity (Wildman–Crippen MR) is 574 cm³/mol. The van der Waals surface area contributed by atoms with E-state index in [-0.39, 0.29) is 29.8 Å². The molecule has 0 saturated heterocycles. The second-order valence-corrected chi connectivity index (χ2v) is 36.8. The Morgan fingerprint density at radius 3 is 0.980 bits per heavy atom. The number of anilines is 4. The van der Waals surface area contributed by atoms with Crippen molar-refractivity contribution in [3.8, 4) is 114 Å². The van der Waals surface area contributed by atoms with E-state index in [1.54, 1.807) is 132 Å². The van der Waals surface area contributed by atoms with Crippen LogP contribution in [0.3, 0.4) is 0 Å². The highest BCUT2D eigenvalue weighted by molar-refractivity contribution is 7.98. The van der Waals surface area contributed by atoms with Gasteiger partial charge in [-0.15, -0.1) is 11.8 Å². The molecule has 0 unspecified atom stereocenters. The van der Waals surface area contributed by atoms with Gasteiger partial charge in [-0.05, 0) is 297 Å². The lowest BCUT2D eigenvalue weighted by Gasteiger charge is -2.13. The van der Waals surface area contributed by atoms with Gasteiger partial charge in [0.05, 0.1) is 96.8 Å². The van der Waals surface area contributed by atoms with Crippen LogP contribution in [0.4, 0.5) is 45.7 Å². The Balaban J connectivity index is 0.000000135. The second-order valence-electron chi connectivity index (χ2n) is 35.6. The summed E-state index contributed by atoms with van der Waals surface area (Å²) in [6.07, 6.45) is 16.8. The van der Waals surface area contributed by atoms with Gasteiger partial charge in [0.2, 0.25) is 23.8 Å². The van der Waals surface area contributed by atoms with Crippen LogP contribution in [0.25, 0.3) is 113 Å². The van der Waals surface area contributed by atoms with Crippen molar-refractivity contribution in [2.24, 2.45) is 0 Å². The molecule has 8 aromatic carbocycles. The lowest BCUT2D eigenvalue weighted by atomic mass is 10.1. The number of nitrogens with zero attached hydrogens (tertiary/aromatic N) is 20. The number of benzene rings is 8. The molecule has 0 bridgehead atoms. The number of ether oxygens (including phenoxy) is 4. The molecule has 4 N–H and O–H groups in total. The first kappa shape index (κ1) is 103. The Morgan fingerprint density at radius 1 is 0.318 bits per heavy atom. The number of aromatic nitrogens is 16. The Labute approximate surface area is 862 Å². The van der Waals surface area contributed by atoms with Crippen molar-refractivity contribution in [2.75, 3.05) is 112 Å². The summed E-state index contributed by atoms with van der Waals surface area (Å²) >= 11 is 7.87. The molecule has 0 fully saturated rings. The van der Waals surface area contributed by atoms with Crippen molar-refractivity contribution in [3.63, 3.8) is 0 Å². The number of halogens is 6. The summed E-state index contributed by atoms with van der Waals surface area (Å²) in [7, 11) is 22.7. The first-order valence-electron chi connectivity index (χ1n) is 47.2. The van der Waals surface area contributed by atoms with Crippen molar-refractivity contribution in [3.05, 3.63) is 377 Å². The smallest absolute Gasteiger partial charge is 0.223 e. The minimum absolute atomic E-state index is 0.126. The summed E-state index contributed by atoms with van der Waals surface area (Å²) in [6, 6.07) is 73.4. The molecule has 20 rings (SSSR count). The standard InChI is InChI=1S/2C29H29FN6O2.C28H27FN6S.C27H23ClF2N6/c1-35(2)18-19-12-14-36-26(15-19)34-27(20-5-8-22(30)9-6-20)28(36)24-11-13-31-29(33-24)32-17-21-7-10-23(37-3)16-25(21)38-4;1-35(2)18-19-13-15-36-25(16-19)34-26(20-8-10-22(30)11-9-20)27(36)23-12-14-31-29(33-23)32-17-21-6-5-7-24(37-3)28(21)38-4;1-34(2)18-19-13-15-35-25(16-19)33-26(20-8-10-22(29)11-9-20)27(35)23-12-14-30-28(32-23)31-17-21-6-4-5-7-24(21)36-3;1-35(2)16-17-11-13-36-24(14-17)34-25(18-6-8-19(29)9-7-18)26(36)23-10-12-31-27(33-23)32-15-20-21(28)4-3-5-22(20)30/h2*5-16H,17-18H2,1-4H3,(H,31,32,33);4-16H,17-18H2,1-3H3,(H,30,31,32);3-14H,15-16H2,1-2H3,(H,31,32,33). The third-order valence-corrected chi connectivity index (χ3v) is 25.0. The van der Waals surface area contributed by atoms with Crippen molar-refractivity contribution in [1.82, 2.24) is 97.0 Å². The fraction of sp³-hybridized carbons (Fsp3) is 0.186. The van der Waals surface area contributed by atoms with Crippen LogP contribution in [0.2, 0.25) is 5.02 Å². The van der Waals surface area contributed by atoms with E-state index in [1.165, 1.54) is 65.1 Å². The minimum atomic E-state index is -0.403. The molecule has 0 aliphatic carbocycles. The molecule has 12 aromatic heterocycles. The molecule has 0 radical (unpaired) electrons. The van der Waals surface area contributed by atoms with E-state index in [2.05, 4.69) is 121 Å². The average molecular weight is 2030 g/mol. The van der Waals surface area contributed by atoms with Gasteiger partial charge in [0.15, 0.2) is 11.5 Å². The lowest BCUT2D eigenvalue weighted by Crippen LogP contribution is -2.10. The number of nitrogens with one attached hydrogen (secondary N) is 4. The molecule has 20 aromatic rings. The summed E-state index contributed by atoms with van der Waals surface area (Å²) in [4.78, 5) is 66.1. The highest BCUT2D eigenvalue weighted by Gasteiger charge is 2.26. The summed E-state index contributed by atoms with van der Waals surface area (Å²) in [5.41, 5.74) is 23.0. The minimum Gasteiger partial charge on any atom is -0.497 e. The number of thioether (sulfide) groups is 1. The third kappa shape index (κ3) is 24.8. The van der Waals surface area contributed by atoms with E-state index in [9.17, 15) is 22.0 Å². The topological polar surface area (TPSA) is 270 Å². The maximum Gasteiger partial charge on any atom is 0.223 e. The number of hydrogen-bond donors (Lipinski definition) is 4. The highest BCUT2D eigenvalue weighted by Crippen LogP contribution is 2.41. The fourth-order valence-electron chi connectivity index (χ4n) is 17.1. The fourth-order valence-corrected chi connectivity index (χ4v) is 17.9. The van der Waals surface area contributed by atoms with Crippen LogP contribution in [0.1, 0.15) is 44.5 Å². The molecule has 0 saturated carbocycles. The average Bonchev–Trinajstić information content (AvgIpc) is 1.62. The number of pyridine rings is 4. The van der Waals surface area contributed by atoms with Crippen molar-refractivity contribution < 1.29 is 40.9 Å². The quantitative estimate of drug-likeness (QED) is 0.0220. The molecule has 148 heavy (non-hydrogen) atoms. The molecule has 0 aliphatic rings. The van der Waals surface area contributed by atoms with Crippen molar-refractivity contribution in [1.29, 1.82) is 0 Å². The molecule has 0 atom stereocenters. The van der Waals surface area contributed by atoms with Gasteiger partial charge in [-0.3, -0.25) is 17.6 Å². The maximum atomic E-state index is 14.2. The van der Waals surface area contributed by atoms with E-state index in [4.69, 9.17) is 65.4 Å². The van der Waals surface area contributed by atoms with Gasteiger partial charge in [-0.25, -0.2) is 81.8 Å². The molecule has 752 valence electrons. The summed E-state index contributed by atoms with van der Waals surface area (Å²) < 4.78 is 98.7. The Hall–Kier alpha value is -16.6. The molecule has 0 spiro atoms. The van der Waals surface area contributed by atoms with E-state index in [1.807, 2.05) is 178 Å². The number of fused-ring (bicyclic) bond motifs is 4. The Kier molecular flexibility index (Phi) is 33.0. The van der Waals surface area contributed by atoms with E-state index in [0.717, 1.165) is 144 Å². The van der Waals surface area contributed by atoms with Crippen LogP contribution in [-0.2, 0) is 52.4 Å². The van der Waals surface area contributed by atoms with Gasteiger partial charge in [0, 0.05) is 157 Å². The zero-order valence-corrected chi connectivity index (χ0v) is 85.3. The first-order valence-corrected chi connectivity index (χ1v) is 48.8. The number of imidazole rings is 4. The van der Waals surface area contributed by atoms with Crippen LogP contribution in [-0.4, -0.2) is 188 Å². The molecule has 35 heteroatoms. The Morgan fingerprint density at radius 2 is 0.649 bits per heavy atom. The van der Waals surface area contributed by atoms with E-state index in [0.29, 0.717) is 105 Å². The van der Waals surface area contributed by atoms with Crippen LogP contribution in [0, 0.1) is 29.1 Å². The number of methoxy groups -OCH3 is 4. The molecular weight excluding hydrogens is 1920 g/mol. The maximum absolute atomic E-state index is 14.2. The summed E-state index contributed by atoms with van der Waals surface area (Å²) in [5.74, 6) is 2.92. The SMILES string of the molecule is CN(C)Cc1ccn2c(-c3ccnc(NCc4c(F)cccc4Cl)n3)c(-c3ccc(F)cc3)nc2c1.COc1ccc(CNc2nccc(-c3c(-c4ccc(F)cc4)nc4cc(CN(C)C)ccn34)n2)c(OC)c1.COc1cccc(CNc2nccc(-c3c(-c4ccc(F)cc4)nc4cc(CN(C)C)ccn34)n2)c1OC.CSc1ccccc1CNc1nccc(-c2c(-c3ccc(F)cc3)nc3cc(CN(C)C)ccn23)n1. The van der Waals surface area contributed by atoms with Crippen LogP contribution in [0.15, 0.2) is 303 Å². The molecule has 28 nitrogen and oxygen atoms in total. The zero-order valence-electron chi connectivity index (χ0n) is 83.7. The van der Waals surface area contributed by atoms with Gasteiger partial charge in [-0.2, -0.15) is 0 Å². The lowest BCUT2D eigenvalue weighted by molar-refractivity contribution is 0.352. The van der Waals surface area contributed by atoms with Gasteiger partial charge in [0.1, 0.15) is 63.2 Å². The van der Waals surface area contributed by atoms with Crippen molar-refractivity contribution >= 4 is 69.7 Å². The summed E-state index contributed by atoms with van der Waals surface area (Å²) in [6.45, 7) is 4.81. The number of rotatable bonds is 33. The summed E-state index contributed by atoms with van der Waals surface area (Å²) in [5, 5.41) is 13.3. The second kappa shape index (κ2) is 47.5. The van der Waals surface area contributed by atoms with Gasteiger partial charge >= 0.3 is 0 Å². The monoisotopic (exact) mass is 2030 g/mol. The molecule has 0 aliphatic heterocycles. The Bertz CT molecular complexity index is 8020. The number of para-hydroxylation sites is 1. The highest BCUT2D eigenvalue weighted by atomic mass is 35.5. The van der Waals surface area contributed by atoms with Crippen LogP contribution < -0.4 is 40.2 Å². The van der Waals surface area contributed by atoms with Gasteiger partial charge < -0.3 is 59.8 Å². The first-order chi connectivity index (χ1) is 71.8. The van der Waals surface area contributed by atoms with E-state index < -0.39 is 5.82 Å². The van der Waals surface area contributed by atoms with Crippen LogP contribution >= 0.6 is 23.4 Å². The van der Waals surface area contributed by atoms with Crippen LogP contribution in [0.5, 0.6) is 23.0 Å².